The zero-order valence-electron chi connectivity index (χ0n) is 14.0. The van der Waals surface area contributed by atoms with Gasteiger partial charge >= 0.3 is 0 Å². The van der Waals surface area contributed by atoms with Gasteiger partial charge in [0.1, 0.15) is 9.76 Å². The average Bonchev–Trinajstić information content (AvgIpc) is 2.39. The van der Waals surface area contributed by atoms with Crippen molar-refractivity contribution in [1.82, 2.24) is 0 Å². The molecular weight excluding hydrogens is 264 g/mol. The summed E-state index contributed by atoms with van der Waals surface area (Å²) >= 11 is 0. The molecular formula is C16H36OSi2. The van der Waals surface area contributed by atoms with E-state index < -0.39 is 8.32 Å². The van der Waals surface area contributed by atoms with Crippen LogP contribution in [-0.2, 0) is 4.12 Å². The van der Waals surface area contributed by atoms with Crippen LogP contribution in [0.3, 0.4) is 0 Å². The predicted molar refractivity (Wildman–Crippen MR) is 92.1 cm³/mol. The van der Waals surface area contributed by atoms with Crippen molar-refractivity contribution in [3.63, 3.8) is 0 Å². The largest absolute Gasteiger partial charge is 0.460 e. The van der Waals surface area contributed by atoms with Crippen LogP contribution < -0.4 is 0 Å². The molecule has 0 bridgehead atoms. The van der Waals surface area contributed by atoms with Gasteiger partial charge in [0.25, 0.3) is 0 Å². The Bertz CT molecular complexity index is 227. The van der Waals surface area contributed by atoms with E-state index in [1.54, 1.807) is 0 Å². The third kappa shape index (κ3) is 4.43. The van der Waals surface area contributed by atoms with Crippen LogP contribution >= 0.6 is 0 Å². The van der Waals surface area contributed by atoms with Crippen LogP contribution in [0.4, 0.5) is 0 Å². The van der Waals surface area contributed by atoms with Gasteiger partial charge in [-0.25, -0.2) is 0 Å². The van der Waals surface area contributed by atoms with E-state index in [9.17, 15) is 0 Å². The molecule has 0 aliphatic heterocycles. The molecule has 0 radical (unpaired) electrons. The van der Waals surface area contributed by atoms with Crippen molar-refractivity contribution in [2.75, 3.05) is 0 Å². The Morgan fingerprint density at radius 3 is 2.11 bits per heavy atom. The standard InChI is InChI=1S/C16H36OSi2/c1-6-7-13-18-17-19(14(2)3,15(4)5)16-11-9-8-10-12-16/h14-16H,6-13,18H2,1-5H3. The van der Waals surface area contributed by atoms with Gasteiger partial charge in [0.05, 0.1) is 0 Å². The van der Waals surface area contributed by atoms with Gasteiger partial charge < -0.3 is 4.12 Å². The maximum Gasteiger partial charge on any atom is 0.187 e. The van der Waals surface area contributed by atoms with Crippen LogP contribution in [0.1, 0.15) is 79.6 Å². The average molecular weight is 301 g/mol. The Hall–Kier alpha value is 0.394. The van der Waals surface area contributed by atoms with E-state index in [1.807, 2.05) is 0 Å². The highest BCUT2D eigenvalue weighted by Gasteiger charge is 2.48. The topological polar surface area (TPSA) is 9.23 Å². The highest BCUT2D eigenvalue weighted by Crippen LogP contribution is 2.48. The van der Waals surface area contributed by atoms with Gasteiger partial charge in [-0.2, -0.15) is 0 Å². The van der Waals surface area contributed by atoms with Gasteiger partial charge in [0.15, 0.2) is 8.32 Å². The molecule has 0 heterocycles. The smallest absolute Gasteiger partial charge is 0.187 e. The quantitative estimate of drug-likeness (QED) is 0.430. The minimum absolute atomic E-state index is 0.273. The van der Waals surface area contributed by atoms with Gasteiger partial charge in [0.2, 0.25) is 0 Å². The summed E-state index contributed by atoms with van der Waals surface area (Å²) in [4.78, 5) is 0. The first-order valence-electron chi connectivity index (χ1n) is 8.69. The Kier molecular flexibility index (Phi) is 7.92. The predicted octanol–water partition coefficient (Wildman–Crippen LogP) is 5.41. The molecule has 1 aliphatic rings. The molecule has 0 aromatic rings. The second-order valence-corrected chi connectivity index (χ2v) is 14.2. The second-order valence-electron chi connectivity index (χ2n) is 7.05. The van der Waals surface area contributed by atoms with Crippen LogP contribution in [0, 0.1) is 0 Å². The lowest BCUT2D eigenvalue weighted by atomic mass is 10.0. The zero-order chi connectivity index (χ0) is 14.3. The van der Waals surface area contributed by atoms with E-state index >= 15 is 0 Å². The van der Waals surface area contributed by atoms with E-state index in [0.717, 1.165) is 16.6 Å². The Morgan fingerprint density at radius 2 is 1.63 bits per heavy atom. The highest BCUT2D eigenvalue weighted by molar-refractivity contribution is 6.81. The SMILES string of the molecule is CCCC[SiH2]O[Si](C(C)C)(C(C)C)C1CCCCC1. The van der Waals surface area contributed by atoms with Crippen LogP contribution in [0.25, 0.3) is 0 Å². The lowest BCUT2D eigenvalue weighted by Gasteiger charge is -2.47. The zero-order valence-corrected chi connectivity index (χ0v) is 16.4. The first-order valence-corrected chi connectivity index (χ1v) is 12.4. The number of hydrogen-bond acceptors (Lipinski definition) is 1. The van der Waals surface area contributed by atoms with Gasteiger partial charge in [-0.05, 0) is 22.7 Å². The molecule has 0 saturated heterocycles. The van der Waals surface area contributed by atoms with Gasteiger partial charge in [-0.3, -0.25) is 0 Å². The molecule has 0 aromatic carbocycles. The lowest BCUT2D eigenvalue weighted by Crippen LogP contribution is -2.50. The number of unbranched alkanes of at least 4 members (excludes halogenated alkanes) is 1. The Balaban J connectivity index is 2.74. The molecule has 1 saturated carbocycles. The molecule has 0 unspecified atom stereocenters. The Morgan fingerprint density at radius 1 is 1.05 bits per heavy atom. The van der Waals surface area contributed by atoms with Gasteiger partial charge in [-0.15, -0.1) is 0 Å². The molecule has 1 fully saturated rings. The summed E-state index contributed by atoms with van der Waals surface area (Å²) in [5, 5.41) is 0. The van der Waals surface area contributed by atoms with Crippen LogP contribution in [-0.4, -0.2) is 18.1 Å². The van der Waals surface area contributed by atoms with E-state index in [1.165, 1.54) is 51.0 Å². The Labute approximate surface area is 125 Å². The third-order valence-electron chi connectivity index (χ3n) is 5.15. The molecule has 0 aromatic heterocycles. The monoisotopic (exact) mass is 300 g/mol. The summed E-state index contributed by atoms with van der Waals surface area (Å²) in [5.74, 6) is 0. The molecule has 0 atom stereocenters. The van der Waals surface area contributed by atoms with Crippen molar-refractivity contribution in [1.29, 1.82) is 0 Å². The van der Waals surface area contributed by atoms with Crippen LogP contribution in [0.15, 0.2) is 0 Å². The maximum atomic E-state index is 6.87. The van der Waals surface area contributed by atoms with E-state index in [0.29, 0.717) is 0 Å². The first-order chi connectivity index (χ1) is 9.05. The summed E-state index contributed by atoms with van der Waals surface area (Å²) in [7, 11) is -1.81. The van der Waals surface area contributed by atoms with Gasteiger partial charge in [-0.1, -0.05) is 79.6 Å². The van der Waals surface area contributed by atoms with E-state index in [-0.39, 0.29) is 9.76 Å². The fourth-order valence-corrected chi connectivity index (χ4v) is 15.1. The summed E-state index contributed by atoms with van der Waals surface area (Å²) in [6.07, 6.45) is 10.0. The molecule has 0 spiro atoms. The highest BCUT2D eigenvalue weighted by atomic mass is 28.4. The molecule has 19 heavy (non-hydrogen) atoms. The summed E-state index contributed by atoms with van der Waals surface area (Å²) in [6.45, 7) is 12.1. The number of rotatable bonds is 8. The first kappa shape index (κ1) is 17.4. The number of hydrogen-bond donors (Lipinski definition) is 0. The fourth-order valence-electron chi connectivity index (χ4n) is 4.22. The van der Waals surface area contributed by atoms with Crippen LogP contribution in [0.5, 0.6) is 0 Å². The van der Waals surface area contributed by atoms with Crippen molar-refractivity contribution in [2.24, 2.45) is 0 Å². The normalized spacial score (nSPS) is 19.1. The van der Waals surface area contributed by atoms with Crippen molar-refractivity contribution in [2.45, 2.75) is 102 Å². The van der Waals surface area contributed by atoms with Gasteiger partial charge in [0, 0.05) is 0 Å². The van der Waals surface area contributed by atoms with E-state index in [2.05, 4.69) is 34.6 Å². The molecule has 3 heteroatoms. The van der Waals surface area contributed by atoms with Crippen LogP contribution in [0.2, 0.25) is 22.7 Å². The molecule has 114 valence electrons. The molecule has 1 aliphatic carbocycles. The fraction of sp³-hybridized carbons (Fsp3) is 1.00. The molecule has 1 nitrogen and oxygen atoms in total. The molecule has 0 N–H and O–H groups in total. The van der Waals surface area contributed by atoms with Crippen molar-refractivity contribution >= 4 is 18.1 Å². The molecule has 1 rings (SSSR count). The minimum Gasteiger partial charge on any atom is -0.460 e. The third-order valence-corrected chi connectivity index (χ3v) is 14.2. The summed E-state index contributed by atoms with van der Waals surface area (Å²) < 4.78 is 6.87. The maximum absolute atomic E-state index is 6.87. The van der Waals surface area contributed by atoms with Crippen molar-refractivity contribution < 1.29 is 4.12 Å². The summed E-state index contributed by atoms with van der Waals surface area (Å²) in [6, 6.07) is 1.40. The molecule has 0 amide bonds. The lowest BCUT2D eigenvalue weighted by molar-refractivity contribution is 0.417. The van der Waals surface area contributed by atoms with Crippen molar-refractivity contribution in [3.05, 3.63) is 0 Å². The van der Waals surface area contributed by atoms with Crippen molar-refractivity contribution in [3.8, 4) is 0 Å². The minimum atomic E-state index is -1.54. The van der Waals surface area contributed by atoms with E-state index in [4.69, 9.17) is 4.12 Å². The summed E-state index contributed by atoms with van der Waals surface area (Å²) in [5.41, 5.74) is 2.55. The second kappa shape index (κ2) is 8.63.